The molecule has 0 atom stereocenters. The number of hydrogen-bond donors (Lipinski definition) is 1. The van der Waals surface area contributed by atoms with Crippen LogP contribution in [0.25, 0.3) is 16.8 Å². The van der Waals surface area contributed by atoms with Crippen LogP contribution < -0.4 is 10.1 Å². The number of para-hydroxylation sites is 1. The highest BCUT2D eigenvalue weighted by Crippen LogP contribution is 2.31. The second kappa shape index (κ2) is 11.2. The standard InChI is InChI=1S/C27H17ClI2N2O2/c28-22-10-3-4-11-25(22)32-27(33)20(15-31)12-17-13-23(29)26(24(30)14-17)34-16-19-8-5-7-18-6-1-2-9-21(18)19/h1-14H,16H2,(H,32,33)/b20-12+. The molecule has 0 saturated carbocycles. The number of rotatable bonds is 6. The van der Waals surface area contributed by atoms with Gasteiger partial charge in [-0.1, -0.05) is 66.2 Å². The number of fused-ring (bicyclic) bond motifs is 1. The lowest BCUT2D eigenvalue weighted by atomic mass is 10.1. The van der Waals surface area contributed by atoms with Crippen molar-refractivity contribution in [2.24, 2.45) is 0 Å². The van der Waals surface area contributed by atoms with E-state index in [1.54, 1.807) is 30.3 Å². The lowest BCUT2D eigenvalue weighted by Gasteiger charge is -2.13. The van der Waals surface area contributed by atoms with Crippen LogP contribution in [0.1, 0.15) is 11.1 Å². The molecule has 7 heteroatoms. The quantitative estimate of drug-likeness (QED) is 0.128. The van der Waals surface area contributed by atoms with Crippen LogP contribution in [0.3, 0.4) is 0 Å². The Labute approximate surface area is 229 Å². The van der Waals surface area contributed by atoms with Gasteiger partial charge in [0, 0.05) is 0 Å². The molecule has 0 unspecified atom stereocenters. The molecule has 4 rings (SSSR count). The Balaban J connectivity index is 1.54. The molecule has 1 amide bonds. The van der Waals surface area contributed by atoms with Crippen molar-refractivity contribution >= 4 is 85.2 Å². The molecule has 34 heavy (non-hydrogen) atoms. The number of anilines is 1. The summed E-state index contributed by atoms with van der Waals surface area (Å²) in [6.07, 6.45) is 1.56. The summed E-state index contributed by atoms with van der Waals surface area (Å²) < 4.78 is 7.97. The van der Waals surface area contributed by atoms with E-state index in [1.165, 1.54) is 5.39 Å². The topological polar surface area (TPSA) is 62.1 Å². The maximum absolute atomic E-state index is 12.6. The van der Waals surface area contributed by atoms with E-state index in [4.69, 9.17) is 16.3 Å². The van der Waals surface area contributed by atoms with Gasteiger partial charge in [-0.3, -0.25) is 4.79 Å². The number of benzene rings is 4. The van der Waals surface area contributed by atoms with E-state index < -0.39 is 5.91 Å². The van der Waals surface area contributed by atoms with Crippen molar-refractivity contribution in [3.05, 3.63) is 108 Å². The van der Waals surface area contributed by atoms with Crippen molar-refractivity contribution in [3.8, 4) is 11.8 Å². The summed E-state index contributed by atoms with van der Waals surface area (Å²) in [7, 11) is 0. The molecule has 4 aromatic rings. The molecule has 0 bridgehead atoms. The Morgan fingerprint density at radius 2 is 1.68 bits per heavy atom. The average molecular weight is 691 g/mol. The summed E-state index contributed by atoms with van der Waals surface area (Å²) in [6.45, 7) is 0.437. The van der Waals surface area contributed by atoms with Crippen molar-refractivity contribution in [1.29, 1.82) is 5.26 Å². The molecule has 1 N–H and O–H groups in total. The minimum atomic E-state index is -0.517. The third-order valence-electron chi connectivity index (χ3n) is 5.07. The van der Waals surface area contributed by atoms with Crippen LogP contribution >= 0.6 is 56.8 Å². The van der Waals surface area contributed by atoms with Crippen LogP contribution in [0.2, 0.25) is 5.02 Å². The van der Waals surface area contributed by atoms with Gasteiger partial charge in [-0.25, -0.2) is 0 Å². The molecule has 168 valence electrons. The van der Waals surface area contributed by atoms with Crippen LogP contribution in [0.4, 0.5) is 5.69 Å². The van der Waals surface area contributed by atoms with Gasteiger partial charge in [0.05, 0.1) is 17.9 Å². The second-order valence-electron chi connectivity index (χ2n) is 7.34. The summed E-state index contributed by atoms with van der Waals surface area (Å²) >= 11 is 10.5. The minimum Gasteiger partial charge on any atom is -0.487 e. The molecule has 0 aliphatic rings. The van der Waals surface area contributed by atoms with E-state index in [9.17, 15) is 10.1 Å². The maximum atomic E-state index is 12.6. The first-order valence-electron chi connectivity index (χ1n) is 10.2. The van der Waals surface area contributed by atoms with Crippen LogP contribution in [0.5, 0.6) is 5.75 Å². The lowest BCUT2D eigenvalue weighted by molar-refractivity contribution is -0.112. The van der Waals surface area contributed by atoms with Gasteiger partial charge in [-0.05, 0) is 97.4 Å². The van der Waals surface area contributed by atoms with Gasteiger partial charge >= 0.3 is 0 Å². The zero-order valence-electron chi connectivity index (χ0n) is 17.7. The summed E-state index contributed by atoms with van der Waals surface area (Å²) in [5, 5.41) is 15.0. The summed E-state index contributed by atoms with van der Waals surface area (Å²) in [6, 6.07) is 27.1. The van der Waals surface area contributed by atoms with Crippen LogP contribution in [0.15, 0.2) is 84.4 Å². The first-order chi connectivity index (χ1) is 16.5. The minimum absolute atomic E-state index is 0.0176. The Hall–Kier alpha value is -2.61. The normalized spacial score (nSPS) is 11.2. The number of nitrogens with zero attached hydrogens (tertiary/aromatic N) is 1. The Kier molecular flexibility index (Phi) is 8.08. The molecule has 0 heterocycles. The fourth-order valence-corrected chi connectivity index (χ4v) is 5.75. The summed E-state index contributed by atoms with van der Waals surface area (Å²) in [5.74, 6) is 0.252. The van der Waals surface area contributed by atoms with Gasteiger partial charge in [0.1, 0.15) is 24.0 Å². The van der Waals surface area contributed by atoms with Crippen molar-refractivity contribution in [3.63, 3.8) is 0 Å². The second-order valence-corrected chi connectivity index (χ2v) is 10.1. The maximum Gasteiger partial charge on any atom is 0.266 e. The van der Waals surface area contributed by atoms with Gasteiger partial charge < -0.3 is 10.1 Å². The van der Waals surface area contributed by atoms with Gasteiger partial charge in [0.15, 0.2) is 0 Å². The van der Waals surface area contributed by atoms with Gasteiger partial charge in [-0.2, -0.15) is 5.26 Å². The van der Waals surface area contributed by atoms with Gasteiger partial charge in [0.25, 0.3) is 5.91 Å². The first-order valence-corrected chi connectivity index (χ1v) is 12.8. The lowest BCUT2D eigenvalue weighted by Crippen LogP contribution is -2.13. The number of carbonyl (C=O) groups is 1. The number of hydrogen-bond acceptors (Lipinski definition) is 3. The molecule has 0 aliphatic heterocycles. The number of halogens is 3. The number of nitrogens with one attached hydrogen (secondary N) is 1. The van der Waals surface area contributed by atoms with Crippen LogP contribution in [-0.2, 0) is 11.4 Å². The Morgan fingerprint density at radius 3 is 2.41 bits per heavy atom. The highest BCUT2D eigenvalue weighted by Gasteiger charge is 2.14. The molecule has 0 aliphatic carbocycles. The number of ether oxygens (including phenoxy) is 1. The predicted molar refractivity (Wildman–Crippen MR) is 154 cm³/mol. The van der Waals surface area contributed by atoms with E-state index >= 15 is 0 Å². The largest absolute Gasteiger partial charge is 0.487 e. The van der Waals surface area contributed by atoms with Crippen LogP contribution in [-0.4, -0.2) is 5.91 Å². The SMILES string of the molecule is N#C/C(=C\c1cc(I)c(OCc2cccc3ccccc23)c(I)c1)C(=O)Nc1ccccc1Cl. The Morgan fingerprint density at radius 1 is 1.00 bits per heavy atom. The molecule has 0 fully saturated rings. The van der Waals surface area contributed by atoms with Crippen molar-refractivity contribution in [1.82, 2.24) is 0 Å². The zero-order chi connectivity index (χ0) is 24.1. The van der Waals surface area contributed by atoms with Crippen molar-refractivity contribution < 1.29 is 9.53 Å². The monoisotopic (exact) mass is 690 g/mol. The molecule has 4 aromatic carbocycles. The molecule has 0 aromatic heterocycles. The van der Waals surface area contributed by atoms with E-state index in [-0.39, 0.29) is 5.57 Å². The predicted octanol–water partition coefficient (Wildman–Crippen LogP) is 7.83. The van der Waals surface area contributed by atoms with E-state index in [0.717, 1.165) is 29.4 Å². The number of amides is 1. The molecule has 0 radical (unpaired) electrons. The highest BCUT2D eigenvalue weighted by molar-refractivity contribution is 14.1. The first kappa shape index (κ1) is 24.5. The summed E-state index contributed by atoms with van der Waals surface area (Å²) in [4.78, 5) is 12.6. The summed E-state index contributed by atoms with van der Waals surface area (Å²) in [5.41, 5.74) is 2.28. The zero-order valence-corrected chi connectivity index (χ0v) is 22.8. The van der Waals surface area contributed by atoms with E-state index in [2.05, 4.69) is 74.8 Å². The fraction of sp³-hybridized carbons (Fsp3) is 0.0370. The van der Waals surface area contributed by atoms with Crippen LogP contribution in [0, 0.1) is 18.5 Å². The van der Waals surface area contributed by atoms with Gasteiger partial charge in [0.2, 0.25) is 0 Å². The Bertz CT molecular complexity index is 1430. The third-order valence-corrected chi connectivity index (χ3v) is 7.00. The molecule has 4 nitrogen and oxygen atoms in total. The third kappa shape index (κ3) is 5.71. The molecular formula is C27H17ClI2N2O2. The highest BCUT2D eigenvalue weighted by atomic mass is 127. The van der Waals surface area contributed by atoms with Gasteiger partial charge in [-0.15, -0.1) is 0 Å². The van der Waals surface area contributed by atoms with Crippen molar-refractivity contribution in [2.75, 3.05) is 5.32 Å². The smallest absolute Gasteiger partial charge is 0.266 e. The van der Waals surface area contributed by atoms with E-state index in [1.807, 2.05) is 36.4 Å². The number of carbonyl (C=O) groups excluding carboxylic acids is 1. The van der Waals surface area contributed by atoms with E-state index in [0.29, 0.717) is 17.3 Å². The van der Waals surface area contributed by atoms with Crippen molar-refractivity contribution in [2.45, 2.75) is 6.61 Å². The molecular weight excluding hydrogens is 674 g/mol. The average Bonchev–Trinajstić information content (AvgIpc) is 2.83. The molecule has 0 saturated heterocycles. The fourth-order valence-electron chi connectivity index (χ4n) is 3.44. The molecule has 0 spiro atoms. The number of nitriles is 1.